The monoisotopic (exact) mass is 499 g/mol. The van der Waals surface area contributed by atoms with Gasteiger partial charge in [0.25, 0.3) is 5.56 Å². The van der Waals surface area contributed by atoms with Gasteiger partial charge in [-0.25, -0.2) is 4.68 Å². The number of carbonyl (C=O) groups is 1. The maximum absolute atomic E-state index is 13.2. The molecule has 0 bridgehead atoms. The van der Waals surface area contributed by atoms with Crippen LogP contribution in [0.2, 0.25) is 0 Å². The first kappa shape index (κ1) is 23.7. The first-order valence-electron chi connectivity index (χ1n) is 11.4. The van der Waals surface area contributed by atoms with Crippen molar-refractivity contribution < 1.29 is 22.7 Å². The van der Waals surface area contributed by atoms with E-state index in [1.54, 1.807) is 35.5 Å². The lowest BCUT2D eigenvalue weighted by molar-refractivity contribution is -0.137. The number of methoxy groups -OCH3 is 1. The van der Waals surface area contributed by atoms with Gasteiger partial charge in [-0.1, -0.05) is 12.1 Å². The molecule has 1 aliphatic heterocycles. The van der Waals surface area contributed by atoms with Crippen LogP contribution in [0.4, 0.5) is 18.9 Å². The molecule has 2 aromatic carbocycles. The number of hydrogen-bond acceptors (Lipinski definition) is 5. The number of piperazine rings is 1. The van der Waals surface area contributed by atoms with Gasteiger partial charge >= 0.3 is 6.18 Å². The number of aryl methyl sites for hydroxylation is 1. The van der Waals surface area contributed by atoms with Gasteiger partial charge in [0.2, 0.25) is 5.91 Å². The number of carbonyl (C=O) groups excluding carboxylic acids is 1. The van der Waals surface area contributed by atoms with Gasteiger partial charge < -0.3 is 14.5 Å². The molecule has 0 atom stereocenters. The third-order valence-electron chi connectivity index (χ3n) is 6.52. The fraction of sp³-hybridized carbons (Fsp3) is 0.320. The van der Waals surface area contributed by atoms with Crippen molar-refractivity contribution >= 4 is 28.0 Å². The zero-order valence-corrected chi connectivity index (χ0v) is 19.7. The van der Waals surface area contributed by atoms with Crippen LogP contribution in [0.3, 0.4) is 0 Å². The molecule has 1 amide bonds. The highest BCUT2D eigenvalue weighted by Gasteiger charge is 2.31. The Morgan fingerprint density at radius 2 is 1.75 bits per heavy atom. The summed E-state index contributed by atoms with van der Waals surface area (Å²) in [6, 6.07) is 12.4. The quantitative estimate of drug-likeness (QED) is 0.431. The SMILES string of the molecule is COc1cccc2c1cc1c(=O)n(CC(=O)N3CCN(c4cccc(C(F)(F)F)c4)CC3)nc(C)n12. The largest absolute Gasteiger partial charge is 0.496 e. The average Bonchev–Trinajstić information content (AvgIpc) is 3.27. The molecule has 0 spiro atoms. The molecule has 11 heteroatoms. The predicted octanol–water partition coefficient (Wildman–Crippen LogP) is 3.33. The van der Waals surface area contributed by atoms with Gasteiger partial charge in [-0.3, -0.25) is 14.0 Å². The van der Waals surface area contributed by atoms with E-state index in [-0.39, 0.29) is 12.5 Å². The number of hydrogen-bond donors (Lipinski definition) is 0. The van der Waals surface area contributed by atoms with Crippen LogP contribution in [0.25, 0.3) is 16.4 Å². The molecule has 0 aliphatic carbocycles. The van der Waals surface area contributed by atoms with Crippen LogP contribution in [0.1, 0.15) is 11.4 Å². The lowest BCUT2D eigenvalue weighted by Crippen LogP contribution is -2.50. The molecule has 36 heavy (non-hydrogen) atoms. The first-order chi connectivity index (χ1) is 17.2. The van der Waals surface area contributed by atoms with Gasteiger partial charge in [-0.2, -0.15) is 18.3 Å². The van der Waals surface area contributed by atoms with Crippen molar-refractivity contribution in [2.75, 3.05) is 38.2 Å². The molecule has 5 rings (SSSR count). The number of nitrogens with zero attached hydrogens (tertiary/aromatic N) is 5. The van der Waals surface area contributed by atoms with Crippen molar-refractivity contribution in [1.29, 1.82) is 0 Å². The fourth-order valence-electron chi connectivity index (χ4n) is 4.71. The van der Waals surface area contributed by atoms with Crippen LogP contribution in [-0.2, 0) is 17.5 Å². The van der Waals surface area contributed by atoms with E-state index < -0.39 is 17.3 Å². The highest BCUT2D eigenvalue weighted by atomic mass is 19.4. The van der Waals surface area contributed by atoms with Crippen molar-refractivity contribution in [3.05, 3.63) is 70.3 Å². The van der Waals surface area contributed by atoms with Crippen LogP contribution < -0.4 is 15.2 Å². The van der Waals surface area contributed by atoms with Crippen molar-refractivity contribution in [3.63, 3.8) is 0 Å². The molecule has 0 N–H and O–H groups in total. The maximum Gasteiger partial charge on any atom is 0.416 e. The summed E-state index contributed by atoms with van der Waals surface area (Å²) in [7, 11) is 1.56. The van der Waals surface area contributed by atoms with Crippen molar-refractivity contribution in [2.45, 2.75) is 19.6 Å². The smallest absolute Gasteiger partial charge is 0.416 e. The minimum Gasteiger partial charge on any atom is -0.496 e. The van der Waals surface area contributed by atoms with Crippen LogP contribution in [-0.4, -0.2) is 58.3 Å². The molecule has 1 fully saturated rings. The second-order valence-electron chi connectivity index (χ2n) is 8.68. The third kappa shape index (κ3) is 4.14. The standard InChI is InChI=1S/C25H24F3N5O3/c1-16-29-32(24(35)21-14-19-20(33(16)21)7-4-8-22(19)36-2)15-23(34)31-11-9-30(10-12-31)18-6-3-5-17(13-18)25(26,27)28/h3-8,13-14H,9-12,15H2,1-2H3. The van der Waals surface area contributed by atoms with Gasteiger partial charge in [-0.15, -0.1) is 0 Å². The predicted molar refractivity (Wildman–Crippen MR) is 128 cm³/mol. The Morgan fingerprint density at radius 3 is 2.44 bits per heavy atom. The summed E-state index contributed by atoms with van der Waals surface area (Å²) < 4.78 is 47.5. The van der Waals surface area contributed by atoms with E-state index >= 15 is 0 Å². The van der Waals surface area contributed by atoms with Crippen LogP contribution in [0.15, 0.2) is 53.3 Å². The number of benzene rings is 2. The Balaban J connectivity index is 1.33. The summed E-state index contributed by atoms with van der Waals surface area (Å²) in [5.74, 6) is 0.914. The molecule has 1 saturated heterocycles. The number of amides is 1. The molecule has 4 aromatic rings. The lowest BCUT2D eigenvalue weighted by atomic mass is 10.1. The average molecular weight is 499 g/mol. The number of anilines is 1. The zero-order valence-electron chi connectivity index (χ0n) is 19.7. The number of fused-ring (bicyclic) bond motifs is 3. The summed E-state index contributed by atoms with van der Waals surface area (Å²) in [5, 5.41) is 5.15. The fourth-order valence-corrected chi connectivity index (χ4v) is 4.71. The van der Waals surface area contributed by atoms with Gasteiger partial charge in [0.05, 0.1) is 18.2 Å². The normalized spacial score (nSPS) is 14.6. The van der Waals surface area contributed by atoms with E-state index in [4.69, 9.17) is 4.74 Å². The Labute approximate surface area is 204 Å². The topological polar surface area (TPSA) is 72.1 Å². The Kier molecular flexibility index (Phi) is 5.85. The zero-order chi connectivity index (χ0) is 25.6. The molecule has 8 nitrogen and oxygen atoms in total. The van der Waals surface area contributed by atoms with Gasteiger partial charge in [0.15, 0.2) is 0 Å². The van der Waals surface area contributed by atoms with Gasteiger partial charge in [-0.05, 0) is 43.3 Å². The Bertz CT molecular complexity index is 1520. The lowest BCUT2D eigenvalue weighted by Gasteiger charge is -2.36. The summed E-state index contributed by atoms with van der Waals surface area (Å²) in [4.78, 5) is 29.6. The number of halogens is 3. The van der Waals surface area contributed by atoms with E-state index in [1.807, 2.05) is 23.1 Å². The maximum atomic E-state index is 13.2. The van der Waals surface area contributed by atoms with E-state index in [1.165, 1.54) is 6.07 Å². The molecule has 2 aromatic heterocycles. The molecule has 0 saturated carbocycles. The van der Waals surface area contributed by atoms with Crippen LogP contribution in [0.5, 0.6) is 5.75 Å². The van der Waals surface area contributed by atoms with E-state index in [0.29, 0.717) is 49.0 Å². The summed E-state index contributed by atoms with van der Waals surface area (Å²) in [6.45, 7) is 2.97. The molecule has 1 aliphatic rings. The Morgan fingerprint density at radius 1 is 1.03 bits per heavy atom. The first-order valence-corrected chi connectivity index (χ1v) is 11.4. The van der Waals surface area contributed by atoms with E-state index in [2.05, 4.69) is 5.10 Å². The highest BCUT2D eigenvalue weighted by molar-refractivity contribution is 5.92. The number of aromatic nitrogens is 3. The summed E-state index contributed by atoms with van der Waals surface area (Å²) >= 11 is 0. The highest BCUT2D eigenvalue weighted by Crippen LogP contribution is 2.32. The van der Waals surface area contributed by atoms with Gasteiger partial charge in [0, 0.05) is 37.3 Å². The summed E-state index contributed by atoms with van der Waals surface area (Å²) in [6.07, 6.45) is -4.41. The van der Waals surface area contributed by atoms with Gasteiger partial charge in [0.1, 0.15) is 23.6 Å². The van der Waals surface area contributed by atoms with Crippen molar-refractivity contribution in [2.24, 2.45) is 0 Å². The minimum absolute atomic E-state index is 0.224. The Hall–Kier alpha value is -4.02. The van der Waals surface area contributed by atoms with Crippen LogP contribution >= 0.6 is 0 Å². The summed E-state index contributed by atoms with van der Waals surface area (Å²) in [5.41, 5.74) is 0.548. The van der Waals surface area contributed by atoms with E-state index in [9.17, 15) is 22.8 Å². The molecule has 0 radical (unpaired) electrons. The van der Waals surface area contributed by atoms with Crippen molar-refractivity contribution in [3.8, 4) is 5.75 Å². The minimum atomic E-state index is -4.41. The van der Waals surface area contributed by atoms with E-state index in [0.717, 1.165) is 27.7 Å². The molecular weight excluding hydrogens is 475 g/mol. The van der Waals surface area contributed by atoms with Crippen LogP contribution in [0, 0.1) is 6.92 Å². The molecule has 3 heterocycles. The molecule has 0 unspecified atom stereocenters. The second-order valence-corrected chi connectivity index (χ2v) is 8.68. The second kappa shape index (κ2) is 8.89. The number of alkyl halides is 3. The number of rotatable bonds is 4. The molecule has 188 valence electrons. The molecular formula is C25H24F3N5O3. The number of ether oxygens (including phenoxy) is 1. The third-order valence-corrected chi connectivity index (χ3v) is 6.52. The van der Waals surface area contributed by atoms with Crippen molar-refractivity contribution in [1.82, 2.24) is 19.1 Å².